The Kier molecular flexibility index (Phi) is 10.5. The molecule has 0 spiro atoms. The lowest BCUT2D eigenvalue weighted by Gasteiger charge is -2.44. The third kappa shape index (κ3) is 7.25. The van der Waals surface area contributed by atoms with Crippen LogP contribution in [0.4, 0.5) is 0 Å². The van der Waals surface area contributed by atoms with Crippen LogP contribution in [0.1, 0.15) is 130 Å². The van der Waals surface area contributed by atoms with E-state index in [-0.39, 0.29) is 5.41 Å². The minimum Gasteiger partial charge on any atom is -0.393 e. The Morgan fingerprint density at radius 1 is 1.10 bits per heavy atom. The first-order valence-electron chi connectivity index (χ1n) is 16.3. The Labute approximate surface area is 238 Å². The van der Waals surface area contributed by atoms with Gasteiger partial charge in [-0.3, -0.25) is 4.79 Å². The van der Waals surface area contributed by atoms with E-state index in [2.05, 4.69) is 51.7 Å². The Morgan fingerprint density at radius 2 is 1.87 bits per heavy atom. The van der Waals surface area contributed by atoms with Crippen molar-refractivity contribution < 1.29 is 15.0 Å². The molecule has 3 nitrogen and oxygen atoms in total. The van der Waals surface area contributed by atoms with E-state index in [9.17, 15) is 15.0 Å². The van der Waals surface area contributed by atoms with Crippen LogP contribution in [0.25, 0.3) is 0 Å². The summed E-state index contributed by atoms with van der Waals surface area (Å²) >= 11 is 0. The normalized spacial score (nSPS) is 35.1. The molecule has 4 aliphatic carbocycles. The second-order valence-electron chi connectivity index (χ2n) is 13.9. The number of hydrogen-bond acceptors (Lipinski definition) is 3. The first-order chi connectivity index (χ1) is 18.7. The van der Waals surface area contributed by atoms with Crippen molar-refractivity contribution in [1.29, 1.82) is 0 Å². The van der Waals surface area contributed by atoms with E-state index in [1.165, 1.54) is 51.4 Å². The van der Waals surface area contributed by atoms with E-state index < -0.39 is 12.2 Å². The third-order valence-electron chi connectivity index (χ3n) is 11.1. The number of ketones is 1. The Balaban J connectivity index is 1.30. The highest BCUT2D eigenvalue weighted by Gasteiger charge is 2.50. The van der Waals surface area contributed by atoms with Crippen molar-refractivity contribution in [3.8, 4) is 0 Å². The fourth-order valence-corrected chi connectivity index (χ4v) is 8.39. The monoisotopic (exact) mass is 536 g/mol. The molecule has 0 amide bonds. The minimum absolute atomic E-state index is 0.0239. The number of rotatable bonds is 13. The van der Waals surface area contributed by atoms with Crippen LogP contribution in [0.2, 0.25) is 0 Å². The molecule has 0 saturated heterocycles. The third-order valence-corrected chi connectivity index (χ3v) is 11.1. The van der Waals surface area contributed by atoms with Gasteiger partial charge in [0.2, 0.25) is 0 Å². The predicted molar refractivity (Wildman–Crippen MR) is 162 cm³/mol. The molecule has 39 heavy (non-hydrogen) atoms. The summed E-state index contributed by atoms with van der Waals surface area (Å²) in [6.45, 7) is 11.3. The molecule has 6 atom stereocenters. The maximum atomic E-state index is 12.9. The molecule has 0 unspecified atom stereocenters. The zero-order valence-electron chi connectivity index (χ0n) is 25.2. The van der Waals surface area contributed by atoms with Crippen LogP contribution in [0.3, 0.4) is 0 Å². The number of unbranched alkanes of at least 4 members (excludes halogenated alkanes) is 4. The standard InChI is InChI=1S/C36H56O3/c1-5-6-7-8-9-15-34(39)36(22-23-36)21-11-10-13-26(2)31-18-19-32-28(14-12-20-35(31,32)4)16-17-29-24-30(37)25-33(38)27(29)3/h10,13,16-17,26,30-33,37-38H,3,5-9,11-12,14-15,18-25H2,1-2,4H3/b13-10+,28-16+,29-17-/t26-,30-,31-,32+,33+,35-/m1/s1. The molecule has 0 radical (unpaired) electrons. The maximum absolute atomic E-state index is 12.9. The molecular weight excluding hydrogens is 480 g/mol. The van der Waals surface area contributed by atoms with Gasteiger partial charge in [0, 0.05) is 18.3 Å². The van der Waals surface area contributed by atoms with Crippen molar-refractivity contribution in [2.24, 2.45) is 28.6 Å². The zero-order valence-corrected chi connectivity index (χ0v) is 25.2. The van der Waals surface area contributed by atoms with Gasteiger partial charge in [-0.15, -0.1) is 0 Å². The van der Waals surface area contributed by atoms with Gasteiger partial charge >= 0.3 is 0 Å². The Bertz CT molecular complexity index is 950. The van der Waals surface area contributed by atoms with Gasteiger partial charge in [-0.1, -0.05) is 82.9 Å². The molecule has 2 N–H and O–H groups in total. The van der Waals surface area contributed by atoms with Gasteiger partial charge in [0.1, 0.15) is 5.78 Å². The summed E-state index contributed by atoms with van der Waals surface area (Å²) in [4.78, 5) is 12.9. The van der Waals surface area contributed by atoms with Crippen LogP contribution >= 0.6 is 0 Å². The summed E-state index contributed by atoms with van der Waals surface area (Å²) < 4.78 is 0. The van der Waals surface area contributed by atoms with Gasteiger partial charge in [0.05, 0.1) is 12.2 Å². The number of Topliss-reactive ketones (excluding diaryl/α,β-unsaturated/α-hetero) is 1. The highest BCUT2D eigenvalue weighted by molar-refractivity contribution is 5.87. The molecule has 4 saturated carbocycles. The van der Waals surface area contributed by atoms with E-state index >= 15 is 0 Å². The van der Waals surface area contributed by atoms with Crippen LogP contribution in [0.5, 0.6) is 0 Å². The fraction of sp³-hybridized carbons (Fsp3) is 0.750. The maximum Gasteiger partial charge on any atom is 0.139 e. The summed E-state index contributed by atoms with van der Waals surface area (Å²) in [6, 6.07) is 0. The van der Waals surface area contributed by atoms with E-state index in [1.54, 1.807) is 5.57 Å². The summed E-state index contributed by atoms with van der Waals surface area (Å²) in [6.07, 6.45) is 26.7. The number of fused-ring (bicyclic) bond motifs is 1. The first-order valence-corrected chi connectivity index (χ1v) is 16.3. The highest BCUT2D eigenvalue weighted by Crippen LogP contribution is 2.59. The molecule has 4 fully saturated rings. The first kappa shape index (κ1) is 30.5. The van der Waals surface area contributed by atoms with Gasteiger partial charge in [-0.2, -0.15) is 0 Å². The molecule has 4 rings (SSSR count). The summed E-state index contributed by atoms with van der Waals surface area (Å²) in [5.41, 5.74) is 3.70. The highest BCUT2D eigenvalue weighted by atomic mass is 16.3. The lowest BCUT2D eigenvalue weighted by atomic mass is 9.61. The largest absolute Gasteiger partial charge is 0.393 e. The lowest BCUT2D eigenvalue weighted by molar-refractivity contribution is -0.124. The molecule has 0 heterocycles. The topological polar surface area (TPSA) is 57.5 Å². The van der Waals surface area contributed by atoms with Gasteiger partial charge in [-0.25, -0.2) is 0 Å². The average Bonchev–Trinajstić information content (AvgIpc) is 3.61. The predicted octanol–water partition coefficient (Wildman–Crippen LogP) is 8.81. The molecule has 218 valence electrons. The summed E-state index contributed by atoms with van der Waals surface area (Å²) in [5, 5.41) is 20.4. The number of aliphatic hydroxyl groups is 2. The van der Waals surface area contributed by atoms with Crippen molar-refractivity contribution in [2.45, 2.75) is 142 Å². The number of hydrogen-bond donors (Lipinski definition) is 2. The van der Waals surface area contributed by atoms with Gasteiger partial charge < -0.3 is 10.2 Å². The molecule has 0 aromatic carbocycles. The SMILES string of the molecule is C=C1/C(=C\C=C2/CCC[C@]3(C)[C@@H]([C@H](C)/C=C/CCC4(C(=O)CCCCCCC)CC4)CC[C@@H]23)C[C@@H](O)C[C@@H]1O. The van der Waals surface area contributed by atoms with Gasteiger partial charge in [0.15, 0.2) is 0 Å². The van der Waals surface area contributed by atoms with Crippen LogP contribution in [-0.4, -0.2) is 28.2 Å². The van der Waals surface area contributed by atoms with Crippen molar-refractivity contribution in [3.63, 3.8) is 0 Å². The minimum atomic E-state index is -0.623. The fourth-order valence-electron chi connectivity index (χ4n) is 8.39. The Morgan fingerprint density at radius 3 is 2.62 bits per heavy atom. The number of carbonyl (C=O) groups is 1. The van der Waals surface area contributed by atoms with Crippen molar-refractivity contribution in [3.05, 3.63) is 47.6 Å². The number of carbonyl (C=O) groups excluding carboxylic acids is 1. The van der Waals surface area contributed by atoms with Crippen LogP contribution in [0, 0.1) is 28.6 Å². The summed E-state index contributed by atoms with van der Waals surface area (Å²) in [5.74, 6) is 2.43. The van der Waals surface area contributed by atoms with E-state index in [4.69, 9.17) is 0 Å². The molecule has 0 bridgehead atoms. The number of allylic oxidation sites excluding steroid dienone is 5. The molecule has 0 aromatic heterocycles. The average molecular weight is 537 g/mol. The molecule has 4 aliphatic rings. The zero-order chi connectivity index (χ0) is 28.0. The summed E-state index contributed by atoms with van der Waals surface area (Å²) in [7, 11) is 0. The lowest BCUT2D eigenvalue weighted by Crippen LogP contribution is -2.35. The van der Waals surface area contributed by atoms with Gasteiger partial charge in [0.25, 0.3) is 0 Å². The van der Waals surface area contributed by atoms with E-state index in [0.717, 1.165) is 56.1 Å². The van der Waals surface area contributed by atoms with E-state index in [0.29, 0.717) is 41.8 Å². The molecular formula is C36H56O3. The second kappa shape index (κ2) is 13.5. The molecule has 3 heteroatoms. The quantitative estimate of drug-likeness (QED) is 0.183. The van der Waals surface area contributed by atoms with Crippen LogP contribution in [-0.2, 0) is 4.79 Å². The smallest absolute Gasteiger partial charge is 0.139 e. The number of aliphatic hydroxyl groups excluding tert-OH is 2. The van der Waals surface area contributed by atoms with E-state index in [1.807, 2.05) is 0 Å². The molecule has 0 aliphatic heterocycles. The Hall–Kier alpha value is -1.45. The van der Waals surface area contributed by atoms with Gasteiger partial charge in [-0.05, 0) is 105 Å². The van der Waals surface area contributed by atoms with Crippen LogP contribution < -0.4 is 0 Å². The second-order valence-corrected chi connectivity index (χ2v) is 13.9. The van der Waals surface area contributed by atoms with Crippen LogP contribution in [0.15, 0.2) is 47.6 Å². The van der Waals surface area contributed by atoms with Crippen molar-refractivity contribution in [1.82, 2.24) is 0 Å². The van der Waals surface area contributed by atoms with Crippen molar-refractivity contribution in [2.75, 3.05) is 0 Å². The molecule has 0 aromatic rings. The van der Waals surface area contributed by atoms with Crippen molar-refractivity contribution >= 4 is 5.78 Å².